The minimum Gasteiger partial charge on any atom is -0.497 e. The zero-order valence-corrected chi connectivity index (χ0v) is 15.6. The number of aromatic amines is 1. The zero-order chi connectivity index (χ0) is 23.0. The predicted octanol–water partition coefficient (Wildman–Crippen LogP) is -1.13. The van der Waals surface area contributed by atoms with Crippen LogP contribution < -0.4 is 27.5 Å². The van der Waals surface area contributed by atoms with E-state index in [0.29, 0.717) is 5.75 Å². The first-order valence-electron chi connectivity index (χ1n) is 9.83. The standard InChI is InChI=1S/C17H20N6O5/c1-17(2)12(21-14(25)19(3)13(24)18-21)10-7-6-9(28-5)8-11(10)22-15(26)20(4)16(27)23(17)22/h6-8,12H,1-5H3,(H,18,24)/t12-/m1/s1/i1D3/t12-,17?. The number of aromatic nitrogens is 6. The van der Waals surface area contributed by atoms with Crippen molar-refractivity contribution in [3.63, 3.8) is 0 Å². The van der Waals surface area contributed by atoms with Gasteiger partial charge in [0.05, 0.1) is 18.3 Å². The van der Waals surface area contributed by atoms with Gasteiger partial charge in [-0.1, -0.05) is 6.07 Å². The maximum atomic E-state index is 13.1. The fourth-order valence-corrected chi connectivity index (χ4v) is 3.68. The second-order valence-corrected chi connectivity index (χ2v) is 6.85. The summed E-state index contributed by atoms with van der Waals surface area (Å²) in [5.41, 5.74) is -4.90. The van der Waals surface area contributed by atoms with Crippen molar-refractivity contribution in [2.45, 2.75) is 25.4 Å². The minimum atomic E-state index is -2.87. The van der Waals surface area contributed by atoms with Gasteiger partial charge in [-0.2, -0.15) is 4.68 Å². The molecule has 1 N–H and O–H groups in total. The number of H-pyrrole nitrogens is 1. The molecule has 2 aromatic heterocycles. The SMILES string of the molecule is [2H]C([2H])([2H])C1(C)[C@H](n2[nH]c(=O)n(C)c2=O)c2ccc(OC)cc2-n2c(=O)n(C)c(=O)n21. The highest BCUT2D eigenvalue weighted by Gasteiger charge is 2.45. The highest BCUT2D eigenvalue weighted by Crippen LogP contribution is 2.41. The van der Waals surface area contributed by atoms with Crippen molar-refractivity contribution < 1.29 is 8.85 Å². The van der Waals surface area contributed by atoms with E-state index in [-0.39, 0.29) is 11.3 Å². The second kappa shape index (κ2) is 5.50. The minimum absolute atomic E-state index is 0.158. The van der Waals surface area contributed by atoms with Gasteiger partial charge in [0.2, 0.25) is 0 Å². The van der Waals surface area contributed by atoms with Gasteiger partial charge >= 0.3 is 22.8 Å². The third kappa shape index (κ3) is 2.03. The van der Waals surface area contributed by atoms with Gasteiger partial charge in [-0.15, -0.1) is 0 Å². The molecule has 0 saturated heterocycles. The molecule has 0 aliphatic carbocycles. The maximum Gasteiger partial charge on any atom is 0.351 e. The Morgan fingerprint density at radius 2 is 1.82 bits per heavy atom. The second-order valence-electron chi connectivity index (χ2n) is 6.85. The molecule has 28 heavy (non-hydrogen) atoms. The van der Waals surface area contributed by atoms with Crippen LogP contribution in [0.2, 0.25) is 0 Å². The van der Waals surface area contributed by atoms with Gasteiger partial charge in [0.25, 0.3) is 0 Å². The number of hydrogen-bond donors (Lipinski definition) is 1. The van der Waals surface area contributed by atoms with Crippen molar-refractivity contribution in [3.05, 3.63) is 65.7 Å². The van der Waals surface area contributed by atoms with Crippen molar-refractivity contribution in [1.82, 2.24) is 28.3 Å². The number of fused-ring (bicyclic) bond motifs is 3. The molecule has 11 heteroatoms. The first-order chi connectivity index (χ1) is 14.4. The Morgan fingerprint density at radius 3 is 2.39 bits per heavy atom. The highest BCUT2D eigenvalue weighted by atomic mass is 16.5. The molecule has 1 unspecified atom stereocenters. The lowest BCUT2D eigenvalue weighted by molar-refractivity contribution is 0.175. The topological polar surface area (TPSA) is 118 Å². The van der Waals surface area contributed by atoms with Gasteiger partial charge in [-0.25, -0.2) is 42.8 Å². The summed E-state index contributed by atoms with van der Waals surface area (Å²) in [6, 6.07) is 3.17. The molecule has 1 aromatic carbocycles. The number of nitrogens with zero attached hydrogens (tertiary/aromatic N) is 5. The summed E-state index contributed by atoms with van der Waals surface area (Å²) >= 11 is 0. The van der Waals surface area contributed by atoms with E-state index < -0.39 is 41.2 Å². The largest absolute Gasteiger partial charge is 0.497 e. The normalized spacial score (nSPS) is 22.7. The lowest BCUT2D eigenvalue weighted by atomic mass is 9.86. The van der Waals surface area contributed by atoms with Crippen molar-refractivity contribution in [3.8, 4) is 11.4 Å². The molecule has 1 aliphatic heterocycles. The number of benzene rings is 1. The van der Waals surface area contributed by atoms with Gasteiger partial charge in [0.1, 0.15) is 11.8 Å². The molecule has 0 saturated carbocycles. The van der Waals surface area contributed by atoms with Gasteiger partial charge in [0, 0.05) is 29.8 Å². The summed E-state index contributed by atoms with van der Waals surface area (Å²) in [6.07, 6.45) is 0. The first kappa shape index (κ1) is 14.5. The zero-order valence-electron chi connectivity index (χ0n) is 18.6. The van der Waals surface area contributed by atoms with E-state index in [1.165, 1.54) is 40.3 Å². The third-order valence-corrected chi connectivity index (χ3v) is 5.14. The van der Waals surface area contributed by atoms with Crippen molar-refractivity contribution in [2.75, 3.05) is 7.11 Å². The molecular formula is C17H20N6O5. The average Bonchev–Trinajstić information content (AvgIpc) is 3.09. The molecule has 3 aromatic rings. The molecule has 2 atom stereocenters. The van der Waals surface area contributed by atoms with Crippen LogP contribution in [0, 0.1) is 0 Å². The van der Waals surface area contributed by atoms with Crippen LogP contribution in [0.4, 0.5) is 0 Å². The van der Waals surface area contributed by atoms with Crippen LogP contribution in [0.15, 0.2) is 37.4 Å². The quantitative estimate of drug-likeness (QED) is 0.593. The lowest BCUT2D eigenvalue weighted by Crippen LogP contribution is -2.52. The van der Waals surface area contributed by atoms with Gasteiger partial charge in [-0.05, 0) is 19.8 Å². The highest BCUT2D eigenvalue weighted by molar-refractivity contribution is 5.50. The van der Waals surface area contributed by atoms with E-state index >= 15 is 0 Å². The Labute approximate surface area is 161 Å². The molecule has 0 spiro atoms. The summed E-state index contributed by atoms with van der Waals surface area (Å²) < 4.78 is 34.3. The smallest absolute Gasteiger partial charge is 0.351 e. The average molecular weight is 391 g/mol. The summed E-state index contributed by atoms with van der Waals surface area (Å²) in [5, 5.41) is 2.37. The first-order valence-corrected chi connectivity index (χ1v) is 8.33. The molecule has 0 radical (unpaired) electrons. The molecule has 11 nitrogen and oxygen atoms in total. The van der Waals surface area contributed by atoms with Crippen molar-refractivity contribution in [2.24, 2.45) is 14.1 Å². The summed E-state index contributed by atoms with van der Waals surface area (Å²) in [6.45, 7) is -1.62. The number of nitrogens with one attached hydrogen (secondary N) is 1. The van der Waals surface area contributed by atoms with Crippen molar-refractivity contribution in [1.29, 1.82) is 0 Å². The Morgan fingerprint density at radius 1 is 1.11 bits per heavy atom. The monoisotopic (exact) mass is 391 g/mol. The Bertz CT molecular complexity index is 1450. The van der Waals surface area contributed by atoms with Crippen LogP contribution >= 0.6 is 0 Å². The van der Waals surface area contributed by atoms with Gasteiger partial charge in [0.15, 0.2) is 0 Å². The van der Waals surface area contributed by atoms with Gasteiger partial charge in [-0.3, -0.25) is 0 Å². The number of hydrogen-bond acceptors (Lipinski definition) is 5. The van der Waals surface area contributed by atoms with Crippen LogP contribution in [-0.2, 0) is 19.6 Å². The number of methoxy groups -OCH3 is 1. The summed E-state index contributed by atoms with van der Waals surface area (Å²) in [4.78, 5) is 51.0. The van der Waals surface area contributed by atoms with E-state index in [9.17, 15) is 19.2 Å². The van der Waals surface area contributed by atoms with E-state index in [1.807, 2.05) is 0 Å². The van der Waals surface area contributed by atoms with E-state index in [4.69, 9.17) is 8.85 Å². The maximum absolute atomic E-state index is 13.1. The fourth-order valence-electron chi connectivity index (χ4n) is 3.68. The van der Waals surface area contributed by atoms with Gasteiger partial charge < -0.3 is 4.74 Å². The van der Waals surface area contributed by atoms with E-state index in [2.05, 4.69) is 5.10 Å². The summed E-state index contributed by atoms with van der Waals surface area (Å²) in [5.74, 6) is 0.346. The van der Waals surface area contributed by atoms with Crippen LogP contribution in [0.3, 0.4) is 0 Å². The Kier molecular flexibility index (Phi) is 2.86. The third-order valence-electron chi connectivity index (χ3n) is 5.14. The van der Waals surface area contributed by atoms with Crippen molar-refractivity contribution >= 4 is 0 Å². The molecular weight excluding hydrogens is 368 g/mol. The Balaban J connectivity index is 2.27. The van der Waals surface area contributed by atoms with E-state index in [0.717, 1.165) is 23.2 Å². The molecule has 0 fully saturated rings. The van der Waals surface area contributed by atoms with Crippen LogP contribution in [0.1, 0.15) is 29.5 Å². The molecule has 148 valence electrons. The molecule has 0 amide bonds. The molecule has 0 bridgehead atoms. The van der Waals surface area contributed by atoms with Crippen LogP contribution in [-0.4, -0.2) is 35.4 Å². The van der Waals surface area contributed by atoms with Crippen LogP contribution in [0.25, 0.3) is 5.69 Å². The fraction of sp³-hybridized carbons (Fsp3) is 0.412. The van der Waals surface area contributed by atoms with Crippen LogP contribution in [0.5, 0.6) is 5.75 Å². The predicted molar refractivity (Wildman–Crippen MR) is 99.6 cm³/mol. The molecule has 3 heterocycles. The molecule has 1 aliphatic rings. The molecule has 4 rings (SSSR count). The number of ether oxygens (including phenoxy) is 1. The van der Waals surface area contributed by atoms with E-state index in [1.54, 1.807) is 6.07 Å². The lowest BCUT2D eigenvalue weighted by Gasteiger charge is -2.40. The Hall–Kier alpha value is -3.50. The number of rotatable bonds is 2. The summed E-state index contributed by atoms with van der Waals surface area (Å²) in [7, 11) is 3.88.